The van der Waals surface area contributed by atoms with Gasteiger partial charge in [-0.05, 0) is 92.7 Å². The fraction of sp³-hybridized carbons (Fsp3) is 0.409. The van der Waals surface area contributed by atoms with Gasteiger partial charge in [0.1, 0.15) is 23.3 Å². The van der Waals surface area contributed by atoms with E-state index in [2.05, 4.69) is 6.92 Å². The van der Waals surface area contributed by atoms with Gasteiger partial charge in [0.15, 0.2) is 0 Å². The zero-order chi connectivity index (χ0) is 18.8. The number of aryl methyl sites for hydroxylation is 1. The first-order chi connectivity index (χ1) is 12.3. The molecule has 0 unspecified atom stereocenters. The maximum absolute atomic E-state index is 14.5. The van der Waals surface area contributed by atoms with Gasteiger partial charge in [-0.2, -0.15) is 0 Å². The molecule has 0 heterocycles. The van der Waals surface area contributed by atoms with Crippen LogP contribution in [0.3, 0.4) is 0 Å². The van der Waals surface area contributed by atoms with E-state index in [9.17, 15) is 17.6 Å². The highest BCUT2D eigenvalue weighted by Crippen LogP contribution is 2.34. The lowest BCUT2D eigenvalue weighted by Crippen LogP contribution is -2.12. The average Bonchev–Trinajstić information content (AvgIpc) is 2.58. The summed E-state index contributed by atoms with van der Waals surface area (Å²) < 4.78 is 56.5. The SMILES string of the molecule is C[C]1CCC(CCc2cc(F)c(-c3cc(F)c(C)c(F)c3)c(F)c2)CC1. The molecule has 0 aliphatic heterocycles. The zero-order valence-corrected chi connectivity index (χ0v) is 15.1. The predicted octanol–water partition coefficient (Wildman–Crippen LogP) is 6.94. The van der Waals surface area contributed by atoms with Crippen molar-refractivity contribution in [3.63, 3.8) is 0 Å². The fourth-order valence-corrected chi connectivity index (χ4v) is 3.67. The van der Waals surface area contributed by atoms with Crippen molar-refractivity contribution in [3.05, 3.63) is 64.6 Å². The number of hydrogen-bond donors (Lipinski definition) is 0. The van der Waals surface area contributed by atoms with E-state index in [1.165, 1.54) is 25.0 Å². The van der Waals surface area contributed by atoms with Crippen LogP contribution in [-0.2, 0) is 6.42 Å². The van der Waals surface area contributed by atoms with Gasteiger partial charge in [0.2, 0.25) is 0 Å². The summed E-state index contributed by atoms with van der Waals surface area (Å²) in [5.41, 5.74) is -0.0749. The molecule has 1 aliphatic rings. The molecule has 2 aromatic rings. The van der Waals surface area contributed by atoms with Gasteiger partial charge in [-0.1, -0.05) is 6.92 Å². The molecule has 0 atom stereocenters. The molecule has 0 saturated heterocycles. The third kappa shape index (κ3) is 4.11. The highest BCUT2D eigenvalue weighted by molar-refractivity contribution is 5.66. The van der Waals surface area contributed by atoms with E-state index in [4.69, 9.17) is 0 Å². The standard InChI is InChI=1S/C22H23F4/c1-13-3-5-15(6-4-13)7-8-16-9-20(25)22(21(26)10-16)17-11-18(23)14(2)19(24)12-17/h9-12,15H,3-8H2,1-2H3. The van der Waals surface area contributed by atoms with Gasteiger partial charge in [-0.15, -0.1) is 0 Å². The fourth-order valence-electron chi connectivity index (χ4n) is 3.67. The van der Waals surface area contributed by atoms with Crippen LogP contribution in [-0.4, -0.2) is 0 Å². The maximum atomic E-state index is 14.5. The number of rotatable bonds is 4. The summed E-state index contributed by atoms with van der Waals surface area (Å²) in [5.74, 6) is -1.07. The monoisotopic (exact) mass is 363 g/mol. The topological polar surface area (TPSA) is 0 Å². The molecule has 0 amide bonds. The molecule has 1 fully saturated rings. The molecule has 0 aromatic heterocycles. The maximum Gasteiger partial charge on any atom is 0.134 e. The largest absolute Gasteiger partial charge is 0.207 e. The summed E-state index contributed by atoms with van der Waals surface area (Å²) in [4.78, 5) is 0. The van der Waals surface area contributed by atoms with Gasteiger partial charge in [-0.25, -0.2) is 17.6 Å². The lowest BCUT2D eigenvalue weighted by molar-refractivity contribution is 0.358. The highest BCUT2D eigenvalue weighted by atomic mass is 19.1. The first-order valence-electron chi connectivity index (χ1n) is 9.10. The van der Waals surface area contributed by atoms with E-state index in [1.54, 1.807) is 0 Å². The summed E-state index contributed by atoms with van der Waals surface area (Å²) in [5, 5.41) is 0. The Morgan fingerprint density at radius 3 is 1.88 bits per heavy atom. The van der Waals surface area contributed by atoms with Gasteiger partial charge < -0.3 is 0 Å². The highest BCUT2D eigenvalue weighted by Gasteiger charge is 2.20. The van der Waals surface area contributed by atoms with Gasteiger partial charge in [0.05, 0.1) is 5.56 Å². The van der Waals surface area contributed by atoms with Crippen LogP contribution in [0, 0.1) is 42.0 Å². The van der Waals surface area contributed by atoms with Crippen molar-refractivity contribution in [2.75, 3.05) is 0 Å². The lowest BCUT2D eigenvalue weighted by atomic mass is 9.80. The first-order valence-corrected chi connectivity index (χ1v) is 9.10. The van der Waals surface area contributed by atoms with Crippen molar-refractivity contribution in [3.8, 4) is 11.1 Å². The smallest absolute Gasteiger partial charge is 0.134 e. The number of halogens is 4. The third-order valence-electron chi connectivity index (χ3n) is 5.47. The summed E-state index contributed by atoms with van der Waals surface area (Å²) in [7, 11) is 0. The molecular weight excluding hydrogens is 340 g/mol. The first kappa shape index (κ1) is 18.9. The zero-order valence-electron chi connectivity index (χ0n) is 15.1. The number of hydrogen-bond acceptors (Lipinski definition) is 0. The van der Waals surface area contributed by atoms with Crippen molar-refractivity contribution in [2.45, 2.75) is 52.4 Å². The van der Waals surface area contributed by atoms with Crippen LogP contribution in [0.4, 0.5) is 17.6 Å². The van der Waals surface area contributed by atoms with Crippen molar-refractivity contribution in [1.82, 2.24) is 0 Å². The van der Waals surface area contributed by atoms with Gasteiger partial charge in [-0.3, -0.25) is 0 Å². The lowest BCUT2D eigenvalue weighted by Gasteiger charge is -2.25. The Bertz CT molecular complexity index is 743. The van der Waals surface area contributed by atoms with Crippen LogP contribution in [0.25, 0.3) is 11.1 Å². The van der Waals surface area contributed by atoms with Crippen LogP contribution in [0.2, 0.25) is 0 Å². The summed E-state index contributed by atoms with van der Waals surface area (Å²) >= 11 is 0. The van der Waals surface area contributed by atoms with E-state index in [-0.39, 0.29) is 16.7 Å². The average molecular weight is 363 g/mol. The normalized spacial score (nSPS) is 16.2. The van der Waals surface area contributed by atoms with Gasteiger partial charge >= 0.3 is 0 Å². The van der Waals surface area contributed by atoms with E-state index >= 15 is 0 Å². The minimum absolute atomic E-state index is 0.120. The van der Waals surface area contributed by atoms with Crippen molar-refractivity contribution >= 4 is 0 Å². The minimum Gasteiger partial charge on any atom is -0.207 e. The molecule has 1 radical (unpaired) electrons. The second kappa shape index (κ2) is 7.81. The minimum atomic E-state index is -0.813. The molecular formula is C22H23F4. The van der Waals surface area contributed by atoms with E-state index < -0.39 is 23.3 Å². The molecule has 0 bridgehead atoms. The summed E-state index contributed by atoms with van der Waals surface area (Å²) in [6.45, 7) is 3.46. The van der Waals surface area contributed by atoms with Crippen molar-refractivity contribution in [1.29, 1.82) is 0 Å². The molecule has 139 valence electrons. The Labute approximate surface area is 152 Å². The summed E-state index contributed by atoms with van der Waals surface area (Å²) in [6, 6.07) is 4.52. The molecule has 4 heteroatoms. The van der Waals surface area contributed by atoms with Crippen LogP contribution >= 0.6 is 0 Å². The Balaban J connectivity index is 1.78. The second-order valence-corrected chi connectivity index (χ2v) is 7.44. The molecule has 1 aliphatic carbocycles. The Morgan fingerprint density at radius 1 is 0.808 bits per heavy atom. The van der Waals surface area contributed by atoms with E-state index in [0.717, 1.165) is 44.2 Å². The quantitative estimate of drug-likeness (QED) is 0.516. The van der Waals surface area contributed by atoms with Crippen LogP contribution in [0.15, 0.2) is 24.3 Å². The predicted molar refractivity (Wildman–Crippen MR) is 95.6 cm³/mol. The Hall–Kier alpha value is -1.84. The van der Waals surface area contributed by atoms with Gasteiger partial charge in [0, 0.05) is 5.56 Å². The summed E-state index contributed by atoms with van der Waals surface area (Å²) in [6.07, 6.45) is 6.05. The molecule has 26 heavy (non-hydrogen) atoms. The molecule has 0 N–H and O–H groups in total. The second-order valence-electron chi connectivity index (χ2n) is 7.44. The Morgan fingerprint density at radius 2 is 1.35 bits per heavy atom. The van der Waals surface area contributed by atoms with Crippen molar-refractivity contribution < 1.29 is 17.6 Å². The molecule has 3 rings (SSSR count). The van der Waals surface area contributed by atoms with Crippen molar-refractivity contribution in [2.24, 2.45) is 5.92 Å². The molecule has 1 saturated carbocycles. The number of benzene rings is 2. The van der Waals surface area contributed by atoms with Gasteiger partial charge in [0.25, 0.3) is 0 Å². The van der Waals surface area contributed by atoms with Crippen LogP contribution < -0.4 is 0 Å². The molecule has 2 aromatic carbocycles. The van der Waals surface area contributed by atoms with Crippen LogP contribution in [0.1, 0.15) is 50.2 Å². The third-order valence-corrected chi connectivity index (χ3v) is 5.47. The molecule has 0 spiro atoms. The molecule has 0 nitrogen and oxygen atoms in total. The van der Waals surface area contributed by atoms with Crippen LogP contribution in [0.5, 0.6) is 0 Å². The Kier molecular flexibility index (Phi) is 5.69. The van der Waals surface area contributed by atoms with E-state index in [0.29, 0.717) is 17.9 Å². The van der Waals surface area contributed by atoms with E-state index in [1.807, 2.05) is 0 Å².